The Bertz CT molecular complexity index is 1720. The number of rotatable bonds is 9. The number of carbonyl (C=O) groups excluding carboxylic acids is 6. The second-order valence-corrected chi connectivity index (χ2v) is 16.3. The lowest BCUT2D eigenvalue weighted by Crippen LogP contribution is -2.64. The predicted octanol–water partition coefficient (Wildman–Crippen LogP) is -6.72. The van der Waals surface area contributed by atoms with Crippen LogP contribution in [0.3, 0.4) is 0 Å². The van der Waals surface area contributed by atoms with Crippen molar-refractivity contribution in [3.8, 4) is 5.75 Å². The van der Waals surface area contributed by atoms with Gasteiger partial charge >= 0.3 is 0 Å². The first kappa shape index (κ1) is 49.1. The van der Waals surface area contributed by atoms with Gasteiger partial charge in [-0.15, -0.1) is 0 Å². The van der Waals surface area contributed by atoms with Gasteiger partial charge in [0.25, 0.3) is 0 Å². The van der Waals surface area contributed by atoms with Gasteiger partial charge in [-0.25, -0.2) is 0 Å². The minimum absolute atomic E-state index is 0.0392. The van der Waals surface area contributed by atoms with E-state index in [1.165, 1.54) is 31.2 Å². The van der Waals surface area contributed by atoms with Gasteiger partial charge < -0.3 is 87.3 Å². The van der Waals surface area contributed by atoms with Crippen molar-refractivity contribution in [1.82, 2.24) is 36.0 Å². The third-order valence-corrected chi connectivity index (χ3v) is 11.0. The molecule has 0 spiro atoms. The van der Waals surface area contributed by atoms with Crippen LogP contribution in [0, 0.1) is 5.92 Å². The zero-order valence-electron chi connectivity index (χ0n) is 34.6. The van der Waals surface area contributed by atoms with Crippen molar-refractivity contribution in [2.45, 2.75) is 119 Å². The summed E-state index contributed by atoms with van der Waals surface area (Å²) in [6.45, 7) is 3.23. The fourth-order valence-corrected chi connectivity index (χ4v) is 7.43. The van der Waals surface area contributed by atoms with E-state index < -0.39 is 146 Å². The molecule has 6 amide bonds. The Labute approximate surface area is 351 Å². The molecule has 3 fully saturated rings. The fraction of sp³-hybridized carbons (Fsp3) is 0.684. The summed E-state index contributed by atoms with van der Waals surface area (Å²) in [5.41, 5.74) is 6.12. The highest BCUT2D eigenvalue weighted by Gasteiger charge is 2.50. The van der Waals surface area contributed by atoms with Gasteiger partial charge in [-0.1, -0.05) is 19.1 Å². The second-order valence-electron chi connectivity index (χ2n) is 16.3. The molecule has 23 nitrogen and oxygen atoms in total. The quantitative estimate of drug-likeness (QED) is 0.110. The van der Waals surface area contributed by atoms with Crippen molar-refractivity contribution >= 4 is 35.4 Å². The fourth-order valence-electron chi connectivity index (χ4n) is 7.43. The van der Waals surface area contributed by atoms with Crippen LogP contribution in [0.15, 0.2) is 24.3 Å². The van der Waals surface area contributed by atoms with Crippen LogP contribution in [0.4, 0.5) is 0 Å². The van der Waals surface area contributed by atoms with Crippen molar-refractivity contribution in [1.29, 1.82) is 0 Å². The van der Waals surface area contributed by atoms with E-state index in [2.05, 4.69) is 21.3 Å². The summed E-state index contributed by atoms with van der Waals surface area (Å²) in [6.07, 6.45) is -14.8. The van der Waals surface area contributed by atoms with Crippen LogP contribution in [0.2, 0.25) is 0 Å². The van der Waals surface area contributed by atoms with Gasteiger partial charge in [0.2, 0.25) is 35.4 Å². The summed E-state index contributed by atoms with van der Waals surface area (Å²) in [4.78, 5) is 87.4. The summed E-state index contributed by atoms with van der Waals surface area (Å²) in [6, 6.07) is -6.03. The molecule has 0 bridgehead atoms. The van der Waals surface area contributed by atoms with Crippen LogP contribution in [-0.2, 0) is 33.5 Å². The molecule has 0 radical (unpaired) electrons. The van der Waals surface area contributed by atoms with Crippen LogP contribution in [-0.4, -0.2) is 210 Å². The Morgan fingerprint density at radius 1 is 0.770 bits per heavy atom. The number of nitrogens with one attached hydrogen (secondary N) is 4. The number of phenols is 1. The van der Waals surface area contributed by atoms with E-state index in [0.29, 0.717) is 6.54 Å². The second kappa shape index (κ2) is 21.0. The molecule has 3 saturated heterocycles. The monoisotopic (exact) mass is 868 g/mol. The highest BCUT2D eigenvalue weighted by molar-refractivity contribution is 5.98. The SMILES string of the molecule is C[C@@H](O)[C@@H]1NC(=O)[C@H]([C@H](O)[C@@H](O)c2ccc(O)cc2)NC(=O)[C@@H]2C[C@@H](O)CN2C(=O)[C@H]([C@@H](C)O)NC(=O)[C@@H](N)C[C@@H](O)[C@@H](OCCN(C)C)NC(=O)[C@@H]2[C@@H](O)[C@@H](C)CN2C1=O. The lowest BCUT2D eigenvalue weighted by molar-refractivity contribution is -0.149. The first-order chi connectivity index (χ1) is 28.5. The van der Waals surface area contributed by atoms with E-state index in [1.54, 1.807) is 19.0 Å². The number of nitrogens with two attached hydrogens (primary N) is 1. The first-order valence-electron chi connectivity index (χ1n) is 19.9. The molecule has 3 aliphatic rings. The summed E-state index contributed by atoms with van der Waals surface area (Å²) in [5.74, 6) is -7.76. The summed E-state index contributed by atoms with van der Waals surface area (Å²) >= 11 is 0. The van der Waals surface area contributed by atoms with E-state index in [9.17, 15) is 69.6 Å². The van der Waals surface area contributed by atoms with E-state index in [-0.39, 0.29) is 24.5 Å². The molecule has 14 N–H and O–H groups in total. The number of carbonyl (C=O) groups is 6. The molecule has 23 heteroatoms. The van der Waals surface area contributed by atoms with Crippen LogP contribution in [0.1, 0.15) is 45.3 Å². The van der Waals surface area contributed by atoms with Gasteiger partial charge in [-0.2, -0.15) is 0 Å². The van der Waals surface area contributed by atoms with E-state index in [1.807, 2.05) is 0 Å². The predicted molar refractivity (Wildman–Crippen MR) is 210 cm³/mol. The molecule has 0 unspecified atom stereocenters. The molecule has 15 atom stereocenters. The van der Waals surface area contributed by atoms with Gasteiger partial charge in [0.15, 0.2) is 6.23 Å². The zero-order chi connectivity index (χ0) is 45.6. The minimum atomic E-state index is -2.23. The van der Waals surface area contributed by atoms with Crippen LogP contribution >= 0.6 is 0 Å². The number of ether oxygens (including phenoxy) is 1. The number of hydrogen-bond acceptors (Lipinski definition) is 17. The highest BCUT2D eigenvalue weighted by atomic mass is 16.5. The van der Waals surface area contributed by atoms with Gasteiger partial charge in [-0.3, -0.25) is 28.8 Å². The smallest absolute Gasteiger partial charge is 0.248 e. The van der Waals surface area contributed by atoms with Crippen molar-refractivity contribution in [3.05, 3.63) is 29.8 Å². The van der Waals surface area contributed by atoms with Crippen LogP contribution in [0.25, 0.3) is 0 Å². The number of likely N-dealkylation sites (N-methyl/N-ethyl adjacent to an activating group) is 1. The lowest BCUT2D eigenvalue weighted by atomic mass is 9.96. The number of aliphatic hydroxyl groups is 7. The molecule has 0 aromatic heterocycles. The van der Waals surface area contributed by atoms with Gasteiger partial charge in [0.1, 0.15) is 54.3 Å². The normalized spacial score (nSPS) is 33.4. The maximum atomic E-state index is 14.3. The number of hydrogen-bond donors (Lipinski definition) is 13. The van der Waals surface area contributed by atoms with Crippen LogP contribution in [0.5, 0.6) is 5.75 Å². The number of nitrogens with zero attached hydrogens (tertiary/aromatic N) is 3. The molecular weight excluding hydrogens is 808 g/mol. The van der Waals surface area contributed by atoms with Gasteiger partial charge in [0.05, 0.1) is 37.1 Å². The zero-order valence-corrected chi connectivity index (χ0v) is 34.6. The van der Waals surface area contributed by atoms with Crippen LogP contribution < -0.4 is 27.0 Å². The topological polar surface area (TPSA) is 357 Å². The number of phenolic OH excluding ortho intramolecular Hbond substituents is 1. The Morgan fingerprint density at radius 2 is 1.33 bits per heavy atom. The molecule has 342 valence electrons. The van der Waals surface area contributed by atoms with Crippen molar-refractivity contribution in [3.63, 3.8) is 0 Å². The largest absolute Gasteiger partial charge is 0.508 e. The summed E-state index contributed by atoms with van der Waals surface area (Å²) in [5, 5.41) is 96.5. The maximum Gasteiger partial charge on any atom is 0.248 e. The third kappa shape index (κ3) is 11.9. The van der Waals surface area contributed by atoms with Crippen molar-refractivity contribution in [2.75, 3.05) is 40.3 Å². The Morgan fingerprint density at radius 3 is 1.90 bits per heavy atom. The Balaban J connectivity index is 1.82. The first-order valence-corrected chi connectivity index (χ1v) is 19.9. The highest BCUT2D eigenvalue weighted by Crippen LogP contribution is 2.27. The van der Waals surface area contributed by atoms with E-state index >= 15 is 0 Å². The molecule has 61 heavy (non-hydrogen) atoms. The average Bonchev–Trinajstić information content (AvgIpc) is 3.73. The average molecular weight is 869 g/mol. The van der Waals surface area contributed by atoms with E-state index in [0.717, 1.165) is 23.6 Å². The third-order valence-electron chi connectivity index (χ3n) is 11.0. The maximum absolute atomic E-state index is 14.3. The molecule has 1 aromatic carbocycles. The summed E-state index contributed by atoms with van der Waals surface area (Å²) in [7, 11) is 3.45. The molecule has 1 aromatic rings. The Hall–Kier alpha value is -4.56. The summed E-state index contributed by atoms with van der Waals surface area (Å²) < 4.78 is 5.78. The molecule has 3 heterocycles. The standard InChI is InChI=1S/C38H60N8O15/c1-16-14-46-28(29(16)52)35(58)43-36(61-11-10-44(4)5)24(51)13-22(39)32(55)40-25(17(2)47)37(59)45-15-21(50)12-23(45)33(56)42-27(34(57)41-26(18(3)48)38(46)60)31(54)30(53)19-6-8-20(49)9-7-19/h6-9,16-18,21-31,36,47-54H,10-15,39H2,1-5H3,(H,40,55)(H,41,57)(H,42,56)(H,43,58)/t16-,17+,18+,21+,22-,23-,24+,25-,26-,27-,28-,29-,30-,31-,36+/m0/s1. The molecule has 4 rings (SSSR count). The van der Waals surface area contributed by atoms with Gasteiger partial charge in [0, 0.05) is 38.4 Å². The van der Waals surface area contributed by atoms with E-state index in [4.69, 9.17) is 10.5 Å². The number of benzene rings is 1. The van der Waals surface area contributed by atoms with Crippen molar-refractivity contribution < 1.29 is 74.4 Å². The number of aliphatic hydroxyl groups excluding tert-OH is 7. The van der Waals surface area contributed by atoms with Crippen molar-refractivity contribution in [2.24, 2.45) is 11.7 Å². The molecular formula is C38H60N8O15. The minimum Gasteiger partial charge on any atom is -0.508 e. The van der Waals surface area contributed by atoms with Gasteiger partial charge in [-0.05, 0) is 45.6 Å². The molecule has 0 aliphatic carbocycles. The number of aromatic hydroxyl groups is 1. The molecule has 0 saturated carbocycles. The number of fused-ring (bicyclic) bond motifs is 2. The Kier molecular flexibility index (Phi) is 16.9. The number of amides is 6. The lowest BCUT2D eigenvalue weighted by Gasteiger charge is -2.34. The molecule has 3 aliphatic heterocycles.